The predicted molar refractivity (Wildman–Crippen MR) is 33.7 cm³/mol. The van der Waals surface area contributed by atoms with Gasteiger partial charge in [0.15, 0.2) is 0 Å². The maximum absolute atomic E-state index is 8.60. The van der Waals surface area contributed by atoms with E-state index < -0.39 is 13.6 Å². The van der Waals surface area contributed by atoms with Gasteiger partial charge in [0, 0.05) is 0 Å². The fourth-order valence-electron chi connectivity index (χ4n) is 0.237. The van der Waals surface area contributed by atoms with Crippen molar-refractivity contribution in [3.63, 3.8) is 0 Å². The molecule has 0 heterocycles. The van der Waals surface area contributed by atoms with E-state index in [4.69, 9.17) is 31.6 Å². The van der Waals surface area contributed by atoms with Crippen molar-refractivity contribution in [3.8, 4) is 26.8 Å². The summed E-state index contributed by atoms with van der Waals surface area (Å²) in [5, 5.41) is 51.6. The van der Waals surface area contributed by atoms with Crippen LogP contribution >= 0.6 is 0 Å². The first-order valence-corrected chi connectivity index (χ1v) is 9.11. The molecule has 64 valence electrons. The molecule has 0 unspecified atom stereocenters. The van der Waals surface area contributed by atoms with Crippen molar-refractivity contribution in [1.29, 1.82) is 31.6 Å². The van der Waals surface area contributed by atoms with E-state index in [1.165, 1.54) is 0 Å². The normalized spacial score (nSPS) is 13.4. The summed E-state index contributed by atoms with van der Waals surface area (Å²) in [4.78, 5) is 0. The van der Waals surface area contributed by atoms with Gasteiger partial charge in [0.1, 0.15) is 0 Å². The Labute approximate surface area is 72.1 Å². The molecule has 0 spiro atoms. The molecule has 0 atom stereocenters. The summed E-state index contributed by atoms with van der Waals surface area (Å²) in [7, 11) is 0. The standard InChI is InChI=1S/6CN.Pt/c6*1-2;. The third-order valence-electron chi connectivity index (χ3n) is 1.06. The fraction of sp³-hybridized carbons (Fsp3) is 0. The summed E-state index contributed by atoms with van der Waals surface area (Å²) in [6, 6.07) is 0. The van der Waals surface area contributed by atoms with Crippen LogP contribution in [-0.2, 0) is 13.6 Å². The molecule has 0 N–H and O–H groups in total. The Balaban J connectivity index is 6.92. The molecule has 0 aliphatic rings. The van der Waals surface area contributed by atoms with Crippen molar-refractivity contribution in [3.05, 3.63) is 0 Å². The summed E-state index contributed by atoms with van der Waals surface area (Å²) >= 11 is -6.64. The molecule has 0 saturated heterocycles. The zero-order valence-electron chi connectivity index (χ0n) is 6.00. The van der Waals surface area contributed by atoms with Gasteiger partial charge in [0.05, 0.1) is 0 Å². The molecule has 13 heavy (non-hydrogen) atoms. The molecule has 0 aromatic rings. The molecule has 0 amide bonds. The zero-order chi connectivity index (χ0) is 10.7. The molecule has 0 aliphatic carbocycles. The Kier molecular flexibility index (Phi) is 1.69. The van der Waals surface area contributed by atoms with E-state index in [1.54, 1.807) is 0 Å². The van der Waals surface area contributed by atoms with Crippen LogP contribution in [-0.4, -0.2) is 0 Å². The molecule has 0 aromatic carbocycles. The van der Waals surface area contributed by atoms with Gasteiger partial charge in [-0.05, 0) is 0 Å². The average molecular weight is 351 g/mol. The predicted octanol–water partition coefficient (Wildman–Crippen LogP) is 0.0982. The maximum atomic E-state index is 8.60. The second-order valence-corrected chi connectivity index (χ2v) is 13.2. The molecule has 6 nitrogen and oxygen atoms in total. The Bertz CT molecular complexity index is 387. The van der Waals surface area contributed by atoms with E-state index >= 15 is 0 Å². The number of hydrogen-bond acceptors (Lipinski definition) is 6. The average Bonchev–Trinajstić information content (AvgIpc) is 2.26. The molecular formula is C6N6Pt. The van der Waals surface area contributed by atoms with Crippen molar-refractivity contribution in [2.45, 2.75) is 0 Å². The Morgan fingerprint density at radius 2 is 0.615 bits per heavy atom. The third kappa shape index (κ3) is 0.734. The minimum absolute atomic E-state index is 1.07. The zero-order valence-corrected chi connectivity index (χ0v) is 8.27. The fourth-order valence-corrected chi connectivity index (χ4v) is 1.94. The van der Waals surface area contributed by atoms with E-state index in [2.05, 4.69) is 0 Å². The second kappa shape index (κ2) is 2.07. The van der Waals surface area contributed by atoms with Gasteiger partial charge in [-0.1, -0.05) is 0 Å². The van der Waals surface area contributed by atoms with Crippen LogP contribution in [0, 0.1) is 58.3 Å². The number of rotatable bonds is 0. The van der Waals surface area contributed by atoms with Crippen molar-refractivity contribution >= 4 is 0 Å². The Hall–Kier alpha value is -2.37. The molecule has 0 radical (unpaired) electrons. The van der Waals surface area contributed by atoms with Crippen molar-refractivity contribution in [1.82, 2.24) is 0 Å². The first-order chi connectivity index (χ1) is 5.97. The van der Waals surface area contributed by atoms with Crippen LogP contribution in [0.25, 0.3) is 0 Å². The van der Waals surface area contributed by atoms with Gasteiger partial charge in [-0.2, -0.15) is 0 Å². The Morgan fingerprint density at radius 3 is 0.615 bits per heavy atom. The SMILES string of the molecule is N#[C][Pt]([C]#N)([C]#N)([C]#N)([C]#N)[C]#N. The quantitative estimate of drug-likeness (QED) is 0.605. The first kappa shape index (κ1) is 10.6. The molecule has 0 fully saturated rings. The topological polar surface area (TPSA) is 143 Å². The molecule has 7 heteroatoms. The van der Waals surface area contributed by atoms with Gasteiger partial charge in [0.2, 0.25) is 0 Å². The summed E-state index contributed by atoms with van der Waals surface area (Å²) in [5.41, 5.74) is 0. The van der Waals surface area contributed by atoms with Crippen molar-refractivity contribution < 1.29 is 13.6 Å². The number of nitriles is 6. The molecular weight excluding hydrogens is 351 g/mol. The monoisotopic (exact) mass is 351 g/mol. The van der Waals surface area contributed by atoms with Gasteiger partial charge in [-0.3, -0.25) is 0 Å². The van der Waals surface area contributed by atoms with Gasteiger partial charge in [0.25, 0.3) is 0 Å². The van der Waals surface area contributed by atoms with E-state index in [1.807, 2.05) is 0 Å². The minimum atomic E-state index is -6.64. The summed E-state index contributed by atoms with van der Waals surface area (Å²) < 4.78 is 6.41. The Morgan fingerprint density at radius 1 is 0.462 bits per heavy atom. The van der Waals surface area contributed by atoms with Gasteiger partial charge in [-0.15, -0.1) is 0 Å². The summed E-state index contributed by atoms with van der Waals surface area (Å²) in [6.07, 6.45) is 0. The van der Waals surface area contributed by atoms with Crippen LogP contribution in [0.4, 0.5) is 0 Å². The van der Waals surface area contributed by atoms with Crippen molar-refractivity contribution in [2.24, 2.45) is 0 Å². The van der Waals surface area contributed by atoms with Crippen LogP contribution in [0.15, 0.2) is 0 Å². The molecule has 0 aliphatic heterocycles. The summed E-state index contributed by atoms with van der Waals surface area (Å²) in [5.74, 6) is 0. The van der Waals surface area contributed by atoms with Crippen LogP contribution in [0.2, 0.25) is 0 Å². The number of nitrogens with zero attached hydrogens (tertiary/aromatic N) is 6. The van der Waals surface area contributed by atoms with Crippen LogP contribution < -0.4 is 0 Å². The van der Waals surface area contributed by atoms with Crippen LogP contribution in [0.5, 0.6) is 0 Å². The molecule has 0 aromatic heterocycles. The molecule has 0 bridgehead atoms. The second-order valence-electron chi connectivity index (χ2n) is 1.61. The van der Waals surface area contributed by atoms with Crippen LogP contribution in [0.1, 0.15) is 0 Å². The molecule has 0 saturated carbocycles. The van der Waals surface area contributed by atoms with E-state index in [-0.39, 0.29) is 0 Å². The van der Waals surface area contributed by atoms with Crippen LogP contribution in [0.3, 0.4) is 0 Å². The first-order valence-electron chi connectivity index (χ1n) is 2.29. The van der Waals surface area contributed by atoms with E-state index in [0.717, 1.165) is 26.8 Å². The third-order valence-corrected chi connectivity index (χ3v) is 8.68. The van der Waals surface area contributed by atoms with Gasteiger partial charge < -0.3 is 0 Å². The van der Waals surface area contributed by atoms with Gasteiger partial charge >= 0.3 is 71.9 Å². The molecule has 0 rings (SSSR count). The van der Waals surface area contributed by atoms with E-state index in [0.29, 0.717) is 0 Å². The van der Waals surface area contributed by atoms with Gasteiger partial charge in [-0.25, -0.2) is 0 Å². The number of hydrogen-bond donors (Lipinski definition) is 0. The van der Waals surface area contributed by atoms with E-state index in [9.17, 15) is 0 Å². The van der Waals surface area contributed by atoms with Crippen molar-refractivity contribution in [2.75, 3.05) is 0 Å². The summed E-state index contributed by atoms with van der Waals surface area (Å²) in [6.45, 7) is 0.